The summed E-state index contributed by atoms with van der Waals surface area (Å²) in [5, 5.41) is 12.3. The first-order valence-corrected chi connectivity index (χ1v) is 9.45. The molecule has 1 heterocycles. The third-order valence-corrected chi connectivity index (χ3v) is 4.58. The molecule has 2 amide bonds. The van der Waals surface area contributed by atoms with Gasteiger partial charge in [0.15, 0.2) is 5.82 Å². The van der Waals surface area contributed by atoms with Crippen molar-refractivity contribution in [2.75, 3.05) is 12.4 Å². The number of hydrogen-bond donors (Lipinski definition) is 3. The zero-order chi connectivity index (χ0) is 21.7. The van der Waals surface area contributed by atoms with Crippen molar-refractivity contribution in [3.63, 3.8) is 0 Å². The number of methoxy groups -OCH3 is 1. The van der Waals surface area contributed by atoms with E-state index in [9.17, 15) is 14.0 Å². The normalized spacial score (nSPS) is 11.8. The van der Waals surface area contributed by atoms with Crippen molar-refractivity contribution < 1.29 is 18.7 Å². The Balaban J connectivity index is 1.74. The van der Waals surface area contributed by atoms with Crippen LogP contribution in [-0.2, 0) is 4.79 Å². The Bertz CT molecular complexity index is 1050. The minimum atomic E-state index is -0.872. The fraction of sp³-hybridized carbons (Fsp3) is 0.227. The van der Waals surface area contributed by atoms with Crippen LogP contribution in [-0.4, -0.2) is 35.2 Å². The highest BCUT2D eigenvalue weighted by Gasteiger charge is 2.26. The van der Waals surface area contributed by atoms with Gasteiger partial charge in [-0.1, -0.05) is 38.1 Å². The van der Waals surface area contributed by atoms with Gasteiger partial charge < -0.3 is 15.4 Å². The van der Waals surface area contributed by atoms with E-state index in [4.69, 9.17) is 4.74 Å². The van der Waals surface area contributed by atoms with E-state index in [0.29, 0.717) is 17.3 Å². The Morgan fingerprint density at radius 1 is 1.10 bits per heavy atom. The zero-order valence-corrected chi connectivity index (χ0v) is 16.9. The number of ether oxygens (including phenoxy) is 1. The van der Waals surface area contributed by atoms with Gasteiger partial charge in [0.1, 0.15) is 17.6 Å². The van der Waals surface area contributed by atoms with Crippen molar-refractivity contribution in [1.82, 2.24) is 15.5 Å². The van der Waals surface area contributed by atoms with Crippen molar-refractivity contribution >= 4 is 17.6 Å². The number of halogens is 1. The molecule has 0 aliphatic carbocycles. The van der Waals surface area contributed by atoms with E-state index in [1.165, 1.54) is 18.2 Å². The van der Waals surface area contributed by atoms with Gasteiger partial charge in [0.05, 0.1) is 18.4 Å². The summed E-state index contributed by atoms with van der Waals surface area (Å²) >= 11 is 0. The lowest BCUT2D eigenvalue weighted by atomic mass is 10.0. The molecule has 0 aliphatic rings. The molecular formula is C22H23FN4O3. The van der Waals surface area contributed by atoms with Crippen molar-refractivity contribution in [3.05, 3.63) is 66.0 Å². The number of carbonyl (C=O) groups is 2. The van der Waals surface area contributed by atoms with Gasteiger partial charge in [0.2, 0.25) is 5.91 Å². The first-order chi connectivity index (χ1) is 14.4. The van der Waals surface area contributed by atoms with E-state index in [1.807, 2.05) is 24.3 Å². The number of aromatic nitrogens is 2. The fourth-order valence-corrected chi connectivity index (χ4v) is 2.99. The summed E-state index contributed by atoms with van der Waals surface area (Å²) in [7, 11) is 1.57. The number of nitrogens with one attached hydrogen (secondary N) is 3. The third kappa shape index (κ3) is 4.65. The van der Waals surface area contributed by atoms with Crippen LogP contribution < -0.4 is 15.4 Å². The van der Waals surface area contributed by atoms with E-state index < -0.39 is 23.7 Å². The molecule has 8 heteroatoms. The average Bonchev–Trinajstić information content (AvgIpc) is 3.20. The fourth-order valence-electron chi connectivity index (χ4n) is 2.99. The Hall–Kier alpha value is -3.68. The van der Waals surface area contributed by atoms with Crippen LogP contribution in [0.1, 0.15) is 24.2 Å². The minimum Gasteiger partial charge on any atom is -0.496 e. The molecule has 3 N–H and O–H groups in total. The van der Waals surface area contributed by atoms with Crippen molar-refractivity contribution in [3.8, 4) is 17.0 Å². The molecule has 0 spiro atoms. The molecule has 156 valence electrons. The largest absolute Gasteiger partial charge is 0.496 e. The number of carbonyl (C=O) groups excluding carboxylic acids is 2. The summed E-state index contributed by atoms with van der Waals surface area (Å²) in [4.78, 5) is 25.2. The number of anilines is 1. The highest BCUT2D eigenvalue weighted by molar-refractivity contribution is 6.01. The van der Waals surface area contributed by atoms with Crippen LogP contribution in [0.15, 0.2) is 54.6 Å². The number of benzene rings is 2. The van der Waals surface area contributed by atoms with Crippen molar-refractivity contribution in [2.45, 2.75) is 19.9 Å². The van der Waals surface area contributed by atoms with E-state index >= 15 is 0 Å². The third-order valence-electron chi connectivity index (χ3n) is 4.58. The zero-order valence-electron chi connectivity index (χ0n) is 16.9. The van der Waals surface area contributed by atoms with Gasteiger partial charge in [-0.05, 0) is 30.2 Å². The second kappa shape index (κ2) is 9.21. The van der Waals surface area contributed by atoms with E-state index in [-0.39, 0.29) is 11.5 Å². The molecule has 0 radical (unpaired) electrons. The highest BCUT2D eigenvalue weighted by Crippen LogP contribution is 2.29. The van der Waals surface area contributed by atoms with E-state index in [2.05, 4.69) is 20.8 Å². The van der Waals surface area contributed by atoms with Gasteiger partial charge >= 0.3 is 0 Å². The summed E-state index contributed by atoms with van der Waals surface area (Å²) in [5.74, 6) is -1.02. The Labute approximate surface area is 173 Å². The Morgan fingerprint density at radius 3 is 2.50 bits per heavy atom. The number of para-hydroxylation sites is 1. The van der Waals surface area contributed by atoms with E-state index in [0.717, 1.165) is 5.56 Å². The number of nitrogens with zero attached hydrogens (tertiary/aromatic N) is 1. The highest BCUT2D eigenvalue weighted by atomic mass is 19.1. The number of rotatable bonds is 7. The first kappa shape index (κ1) is 21.0. The van der Waals surface area contributed by atoms with E-state index in [1.54, 1.807) is 33.1 Å². The van der Waals surface area contributed by atoms with Gasteiger partial charge in [-0.25, -0.2) is 4.39 Å². The van der Waals surface area contributed by atoms with Crippen LogP contribution in [0.5, 0.6) is 5.75 Å². The number of hydrogen-bond acceptors (Lipinski definition) is 4. The molecule has 3 aromatic rings. The van der Waals surface area contributed by atoms with Crippen LogP contribution in [0.4, 0.5) is 10.2 Å². The standard InChI is InChI=1S/C22H23FN4O3/c1-13(2)20(25-21(28)14-8-4-6-10-16(14)23)22(29)24-19-12-17(26-27-19)15-9-5-7-11-18(15)30-3/h4-13,20H,1-3H3,(H,25,28)(H2,24,26,27,29). The summed E-state index contributed by atoms with van der Waals surface area (Å²) in [6, 6.07) is 13.8. The van der Waals surface area contributed by atoms with Gasteiger partial charge in [-0.2, -0.15) is 5.10 Å². The molecule has 1 atom stereocenters. The molecule has 0 bridgehead atoms. The predicted octanol–water partition coefficient (Wildman–Crippen LogP) is 3.62. The summed E-state index contributed by atoms with van der Waals surface area (Å²) < 4.78 is 19.2. The molecule has 0 fully saturated rings. The molecule has 1 unspecified atom stereocenters. The predicted molar refractivity (Wildman–Crippen MR) is 112 cm³/mol. The molecule has 7 nitrogen and oxygen atoms in total. The first-order valence-electron chi connectivity index (χ1n) is 9.45. The maximum absolute atomic E-state index is 13.9. The second-order valence-electron chi connectivity index (χ2n) is 7.03. The smallest absolute Gasteiger partial charge is 0.254 e. The molecule has 2 aromatic carbocycles. The monoisotopic (exact) mass is 410 g/mol. The van der Waals surface area contributed by atoms with Gasteiger partial charge in [0.25, 0.3) is 5.91 Å². The van der Waals surface area contributed by atoms with Crippen molar-refractivity contribution in [1.29, 1.82) is 0 Å². The van der Waals surface area contributed by atoms with Crippen LogP contribution in [0.25, 0.3) is 11.3 Å². The summed E-state index contributed by atoms with van der Waals surface area (Å²) in [6.45, 7) is 3.58. The lowest BCUT2D eigenvalue weighted by molar-refractivity contribution is -0.118. The average molecular weight is 410 g/mol. The second-order valence-corrected chi connectivity index (χ2v) is 7.03. The molecule has 30 heavy (non-hydrogen) atoms. The molecule has 3 rings (SSSR count). The molecule has 0 saturated heterocycles. The number of aromatic amines is 1. The minimum absolute atomic E-state index is 0.117. The molecule has 0 aliphatic heterocycles. The van der Waals surface area contributed by atoms with Crippen LogP contribution in [0.2, 0.25) is 0 Å². The Kier molecular flexibility index (Phi) is 6.46. The van der Waals surface area contributed by atoms with Crippen LogP contribution >= 0.6 is 0 Å². The number of amides is 2. The molecular weight excluding hydrogens is 387 g/mol. The topological polar surface area (TPSA) is 96.1 Å². The molecule has 0 saturated carbocycles. The van der Waals surface area contributed by atoms with Gasteiger partial charge in [0, 0.05) is 11.6 Å². The maximum atomic E-state index is 13.9. The Morgan fingerprint density at radius 2 is 1.80 bits per heavy atom. The van der Waals surface area contributed by atoms with Crippen LogP contribution in [0.3, 0.4) is 0 Å². The number of H-pyrrole nitrogens is 1. The lowest BCUT2D eigenvalue weighted by Gasteiger charge is -2.21. The summed E-state index contributed by atoms with van der Waals surface area (Å²) in [6.07, 6.45) is 0. The SMILES string of the molecule is COc1ccccc1-c1cc(NC(=O)C(NC(=O)c2ccccc2F)C(C)C)n[nH]1. The molecule has 1 aromatic heterocycles. The van der Waals surface area contributed by atoms with Gasteiger partial charge in [-0.3, -0.25) is 14.7 Å². The van der Waals surface area contributed by atoms with Crippen LogP contribution in [0, 0.1) is 11.7 Å². The maximum Gasteiger partial charge on any atom is 0.254 e. The van der Waals surface area contributed by atoms with Gasteiger partial charge in [-0.15, -0.1) is 0 Å². The summed E-state index contributed by atoms with van der Waals surface area (Å²) in [5.41, 5.74) is 1.34. The lowest BCUT2D eigenvalue weighted by Crippen LogP contribution is -2.47. The van der Waals surface area contributed by atoms with Crippen molar-refractivity contribution in [2.24, 2.45) is 5.92 Å². The quantitative estimate of drug-likeness (QED) is 0.554.